The van der Waals surface area contributed by atoms with E-state index in [1.165, 1.54) is 45.6 Å². The third-order valence-corrected chi connectivity index (χ3v) is 10.2. The minimum atomic E-state index is -2.02. The maximum Gasteiger partial charge on any atom is 0.231 e. The van der Waals surface area contributed by atoms with Crippen molar-refractivity contribution in [3.05, 3.63) is 63.6 Å². The number of hydrogen-bond acceptors (Lipinski definition) is 11. The molecule has 3 atom stereocenters. The largest absolute Gasteiger partial charge is 0.507 e. The fourth-order valence-corrected chi connectivity index (χ4v) is 7.73. The summed E-state index contributed by atoms with van der Waals surface area (Å²) in [7, 11) is 4.15. The molecule has 0 bridgehead atoms. The van der Waals surface area contributed by atoms with Crippen LogP contribution in [0.15, 0.2) is 47.0 Å². The Morgan fingerprint density at radius 2 is 1.91 bits per heavy atom. The normalized spacial score (nSPS) is 20.6. The third kappa shape index (κ3) is 5.44. The van der Waals surface area contributed by atoms with E-state index in [9.17, 15) is 24.6 Å². The molecule has 2 aromatic carbocycles. The number of thioether (sulfide) groups is 1. The van der Waals surface area contributed by atoms with Crippen LogP contribution in [0.5, 0.6) is 28.7 Å². The second-order valence-corrected chi connectivity index (χ2v) is 13.0. The Morgan fingerprint density at radius 1 is 1.17 bits per heavy atom. The molecule has 0 fully saturated rings. The van der Waals surface area contributed by atoms with Gasteiger partial charge in [0.1, 0.15) is 22.1 Å². The van der Waals surface area contributed by atoms with Crippen molar-refractivity contribution in [1.82, 2.24) is 14.9 Å². The predicted molar refractivity (Wildman–Crippen MR) is 172 cm³/mol. The summed E-state index contributed by atoms with van der Waals surface area (Å²) in [6.07, 6.45) is 2.04. The van der Waals surface area contributed by atoms with Gasteiger partial charge in [0.15, 0.2) is 33.9 Å². The molecule has 12 nitrogen and oxygen atoms in total. The van der Waals surface area contributed by atoms with Crippen molar-refractivity contribution in [2.45, 2.75) is 49.4 Å². The third-order valence-electron chi connectivity index (χ3n) is 8.91. The Kier molecular flexibility index (Phi) is 8.79. The topological polar surface area (TPSA) is 158 Å². The Hall–Kier alpha value is -4.36. The van der Waals surface area contributed by atoms with Crippen molar-refractivity contribution in [3.63, 3.8) is 0 Å². The van der Waals surface area contributed by atoms with Crippen LogP contribution in [0.25, 0.3) is 0 Å². The number of halogens is 1. The fraction of sp³-hybridized carbons (Fsp3) is 0.394. The molecule has 3 unspecified atom stereocenters. The van der Waals surface area contributed by atoms with Gasteiger partial charge >= 0.3 is 0 Å². The highest BCUT2D eigenvalue weighted by atomic mass is 35.5. The fourth-order valence-electron chi connectivity index (χ4n) is 6.51. The number of amides is 1. The highest BCUT2D eigenvalue weighted by molar-refractivity contribution is 7.99. The minimum Gasteiger partial charge on any atom is -0.507 e. The molecule has 0 saturated carbocycles. The predicted octanol–water partition coefficient (Wildman–Crippen LogP) is 4.64. The number of carbonyl (C=O) groups is 3. The van der Waals surface area contributed by atoms with Gasteiger partial charge in [0.2, 0.25) is 17.3 Å². The molecular weight excluding hydrogens is 650 g/mol. The van der Waals surface area contributed by atoms with Crippen LogP contribution in [0.3, 0.4) is 0 Å². The molecular formula is C33H34ClN3O9S. The molecule has 6 rings (SSSR count). The molecule has 1 amide bonds. The molecule has 0 radical (unpaired) electrons. The summed E-state index contributed by atoms with van der Waals surface area (Å²) in [5.74, 6) is -2.75. The number of rotatable bonds is 10. The number of nitrogens with one attached hydrogen (secondary N) is 1. The molecule has 47 heavy (non-hydrogen) atoms. The van der Waals surface area contributed by atoms with Crippen molar-refractivity contribution in [1.29, 1.82) is 0 Å². The summed E-state index contributed by atoms with van der Waals surface area (Å²) < 4.78 is 24.5. The summed E-state index contributed by atoms with van der Waals surface area (Å²) in [5.41, 5.74) is -0.915. The monoisotopic (exact) mass is 683 g/mol. The lowest BCUT2D eigenvalue weighted by atomic mass is 9.69. The standard InChI is InChI=1S/C33H34ClN3O9S/c1-16-11-21(39)26(30(41)33(16)31(42)27-23(44-3)14-24(45-4)28(34)29(27)46-33)19(17-5-6-20(38)22(12-17)43-2)13-25(40)35-8-7-18-15-37-9-10-47-32(37)36-18/h5-6,12,14-16,19,38,41H,7-11,13H2,1-4H3,(H,35,40). The summed E-state index contributed by atoms with van der Waals surface area (Å²) in [6.45, 7) is 2.82. The molecule has 1 aromatic heterocycles. The van der Waals surface area contributed by atoms with Gasteiger partial charge < -0.3 is 39.0 Å². The minimum absolute atomic E-state index is 0.00714. The van der Waals surface area contributed by atoms with Crippen LogP contribution in [0.4, 0.5) is 0 Å². The number of Topliss-reactive ketones (excluding diaryl/α,β-unsaturated/α-hetero) is 2. The lowest BCUT2D eigenvalue weighted by Crippen LogP contribution is -2.53. The first-order valence-corrected chi connectivity index (χ1v) is 16.4. The van der Waals surface area contributed by atoms with E-state index in [4.69, 9.17) is 30.5 Å². The van der Waals surface area contributed by atoms with E-state index in [2.05, 4.69) is 14.9 Å². The summed E-state index contributed by atoms with van der Waals surface area (Å²) in [4.78, 5) is 46.2. The van der Waals surface area contributed by atoms with Gasteiger partial charge in [-0.05, 0) is 17.7 Å². The van der Waals surface area contributed by atoms with Gasteiger partial charge in [0.05, 0.1) is 27.0 Å². The molecule has 2 aliphatic heterocycles. The van der Waals surface area contributed by atoms with Crippen LogP contribution in [-0.2, 0) is 22.6 Å². The van der Waals surface area contributed by atoms with Gasteiger partial charge in [-0.2, -0.15) is 0 Å². The quantitative estimate of drug-likeness (QED) is 0.273. The number of aliphatic hydroxyl groups is 1. The molecule has 0 saturated heterocycles. The van der Waals surface area contributed by atoms with Crippen LogP contribution in [0.1, 0.15) is 47.3 Å². The van der Waals surface area contributed by atoms with E-state index < -0.39 is 40.7 Å². The number of ether oxygens (including phenoxy) is 4. The molecule has 14 heteroatoms. The van der Waals surface area contributed by atoms with Crippen molar-refractivity contribution < 1.29 is 43.5 Å². The zero-order valence-corrected chi connectivity index (χ0v) is 27.8. The first-order chi connectivity index (χ1) is 22.5. The summed E-state index contributed by atoms with van der Waals surface area (Å²) >= 11 is 8.27. The van der Waals surface area contributed by atoms with E-state index in [0.717, 1.165) is 23.1 Å². The number of hydrogen-bond donors (Lipinski definition) is 3. The molecule has 248 valence electrons. The molecule has 3 heterocycles. The van der Waals surface area contributed by atoms with Crippen LogP contribution in [0, 0.1) is 5.92 Å². The highest BCUT2D eigenvalue weighted by Crippen LogP contribution is 2.56. The Balaban J connectivity index is 1.38. The maximum absolute atomic E-state index is 14.3. The van der Waals surface area contributed by atoms with E-state index in [-0.39, 0.29) is 57.7 Å². The number of phenols is 1. The summed E-state index contributed by atoms with van der Waals surface area (Å²) in [6, 6.07) is 5.86. The van der Waals surface area contributed by atoms with Gasteiger partial charge in [0.25, 0.3) is 0 Å². The number of imidazole rings is 1. The van der Waals surface area contributed by atoms with Crippen molar-refractivity contribution in [3.8, 4) is 28.7 Å². The smallest absolute Gasteiger partial charge is 0.231 e. The zero-order valence-electron chi connectivity index (χ0n) is 26.2. The van der Waals surface area contributed by atoms with Gasteiger partial charge in [-0.1, -0.05) is 36.4 Å². The SMILES string of the molecule is COc1cc(C(CC(=O)NCCc2cn3c(n2)SCC3)C2=C(O)C3(Oc4c(Cl)c(OC)cc(OC)c4C3=O)C(C)CC2=O)ccc1O. The van der Waals surface area contributed by atoms with Crippen molar-refractivity contribution in [2.24, 2.45) is 5.92 Å². The average molecular weight is 684 g/mol. The number of benzene rings is 2. The molecule has 3 aromatic rings. The number of nitrogens with zero attached hydrogens (tertiary/aromatic N) is 2. The maximum atomic E-state index is 14.3. The van der Waals surface area contributed by atoms with Crippen LogP contribution in [-0.4, -0.2) is 76.5 Å². The van der Waals surface area contributed by atoms with Gasteiger partial charge in [-0.15, -0.1) is 0 Å². The second kappa shape index (κ2) is 12.7. The lowest BCUT2D eigenvalue weighted by molar-refractivity contribution is -0.121. The number of fused-ring (bicyclic) bond motifs is 2. The molecule has 3 aliphatic rings. The second-order valence-electron chi connectivity index (χ2n) is 11.6. The molecule has 3 N–H and O–H groups in total. The van der Waals surface area contributed by atoms with Crippen molar-refractivity contribution >= 4 is 40.8 Å². The van der Waals surface area contributed by atoms with E-state index in [1.54, 1.807) is 18.7 Å². The number of ketones is 2. The number of phenolic OH excluding ortho intramolecular Hbond substituents is 1. The first-order valence-electron chi connectivity index (χ1n) is 15.0. The van der Waals surface area contributed by atoms with Crippen LogP contribution >= 0.6 is 23.4 Å². The van der Waals surface area contributed by atoms with E-state index in [0.29, 0.717) is 18.5 Å². The number of methoxy groups -OCH3 is 3. The Bertz CT molecular complexity index is 1800. The molecule has 1 spiro atoms. The number of aryl methyl sites for hydroxylation is 1. The number of allylic oxidation sites excluding steroid dienone is 1. The average Bonchev–Trinajstić information content (AvgIpc) is 3.74. The number of aliphatic hydroxyl groups excluding tert-OH is 1. The molecule has 1 aliphatic carbocycles. The Morgan fingerprint density at radius 3 is 2.62 bits per heavy atom. The van der Waals surface area contributed by atoms with E-state index >= 15 is 0 Å². The number of aromatic hydroxyl groups is 1. The van der Waals surface area contributed by atoms with Gasteiger partial charge in [-0.3, -0.25) is 14.4 Å². The van der Waals surface area contributed by atoms with Crippen LogP contribution < -0.4 is 24.3 Å². The van der Waals surface area contributed by atoms with Gasteiger partial charge in [-0.25, -0.2) is 4.98 Å². The highest BCUT2D eigenvalue weighted by Gasteiger charge is 2.61. The zero-order chi connectivity index (χ0) is 33.6. The van der Waals surface area contributed by atoms with Crippen molar-refractivity contribution in [2.75, 3.05) is 33.6 Å². The number of carbonyl (C=O) groups excluding carboxylic acids is 3. The van der Waals surface area contributed by atoms with Crippen LogP contribution in [0.2, 0.25) is 5.02 Å². The summed E-state index contributed by atoms with van der Waals surface area (Å²) in [5, 5.41) is 26.2. The lowest BCUT2D eigenvalue weighted by Gasteiger charge is -2.38. The Labute approximate surface area is 280 Å². The first kappa shape index (κ1) is 32.6. The number of aromatic nitrogens is 2. The van der Waals surface area contributed by atoms with E-state index in [1.807, 2.05) is 6.20 Å². The van der Waals surface area contributed by atoms with Gasteiger partial charge in [0, 0.05) is 67.8 Å².